The van der Waals surface area contributed by atoms with E-state index in [9.17, 15) is 18.3 Å². The average molecular weight is 286 g/mol. The number of hydrogen-bond acceptors (Lipinski definition) is 3. The molecule has 0 aliphatic rings. The Labute approximate surface area is 109 Å². The zero-order valence-electron chi connectivity index (χ0n) is 9.65. The van der Waals surface area contributed by atoms with Crippen molar-refractivity contribution in [1.82, 2.24) is 0 Å². The third-order valence-electron chi connectivity index (χ3n) is 2.40. The van der Waals surface area contributed by atoms with Crippen LogP contribution in [0.1, 0.15) is 18.1 Å². The number of aliphatic hydroxyl groups is 1. The number of rotatable bonds is 4. The van der Waals surface area contributed by atoms with E-state index >= 15 is 0 Å². The van der Waals surface area contributed by atoms with E-state index in [1.165, 1.54) is 19.2 Å². The third kappa shape index (κ3) is 4.72. The van der Waals surface area contributed by atoms with Gasteiger partial charge in [-0.3, -0.25) is 0 Å². The first-order chi connectivity index (χ1) is 7.84. The molecule has 0 saturated heterocycles. The first-order valence-electron chi connectivity index (χ1n) is 4.99. The summed E-state index contributed by atoms with van der Waals surface area (Å²) in [7, 11) is 1.48. The molecule has 0 fully saturated rings. The molecule has 0 aliphatic carbocycles. The zero-order valence-corrected chi connectivity index (χ0v) is 10.5. The molecule has 3 N–H and O–H groups in total. The normalized spacial score (nSPS) is 14.6. The van der Waals surface area contributed by atoms with Crippen molar-refractivity contribution in [2.45, 2.75) is 24.7 Å². The molecule has 0 bridgehead atoms. The quantitative estimate of drug-likeness (QED) is 0.893. The molecule has 104 valence electrons. The van der Waals surface area contributed by atoms with Crippen LogP contribution in [-0.4, -0.2) is 24.4 Å². The summed E-state index contributed by atoms with van der Waals surface area (Å²) in [4.78, 5) is 0. The van der Waals surface area contributed by atoms with Crippen LogP contribution in [-0.2, 0) is 0 Å². The summed E-state index contributed by atoms with van der Waals surface area (Å²) < 4.78 is 41.5. The van der Waals surface area contributed by atoms with Crippen molar-refractivity contribution in [1.29, 1.82) is 0 Å². The van der Waals surface area contributed by atoms with Crippen LogP contribution in [0, 0.1) is 0 Å². The van der Waals surface area contributed by atoms with Crippen molar-refractivity contribution >= 4 is 12.4 Å². The topological polar surface area (TPSA) is 55.5 Å². The highest BCUT2D eigenvalue weighted by molar-refractivity contribution is 5.85. The van der Waals surface area contributed by atoms with Gasteiger partial charge in [0.25, 0.3) is 0 Å². The van der Waals surface area contributed by atoms with Crippen LogP contribution in [0.5, 0.6) is 5.75 Å². The molecule has 2 atom stereocenters. The first-order valence-corrected chi connectivity index (χ1v) is 4.99. The van der Waals surface area contributed by atoms with Crippen LogP contribution >= 0.6 is 12.4 Å². The Balaban J connectivity index is 0.00000289. The monoisotopic (exact) mass is 285 g/mol. The Morgan fingerprint density at radius 2 is 1.78 bits per heavy atom. The van der Waals surface area contributed by atoms with Crippen LogP contribution in [0.15, 0.2) is 24.3 Å². The maximum absolute atomic E-state index is 12.2. The van der Waals surface area contributed by atoms with Gasteiger partial charge in [0.1, 0.15) is 11.8 Å². The predicted molar refractivity (Wildman–Crippen MR) is 63.8 cm³/mol. The highest BCUT2D eigenvalue weighted by Gasteiger charge is 2.37. The molecule has 0 heterocycles. The lowest BCUT2D eigenvalue weighted by atomic mass is 10.0. The van der Waals surface area contributed by atoms with Crippen molar-refractivity contribution in [2.24, 2.45) is 5.73 Å². The van der Waals surface area contributed by atoms with E-state index in [4.69, 9.17) is 10.5 Å². The van der Waals surface area contributed by atoms with Crippen LogP contribution < -0.4 is 10.5 Å². The second-order valence-electron chi connectivity index (χ2n) is 3.67. The lowest BCUT2D eigenvalue weighted by Gasteiger charge is -2.19. The van der Waals surface area contributed by atoms with Crippen molar-refractivity contribution in [3.05, 3.63) is 29.8 Å². The van der Waals surface area contributed by atoms with Gasteiger partial charge in [-0.25, -0.2) is 0 Å². The number of ether oxygens (including phenoxy) is 1. The van der Waals surface area contributed by atoms with E-state index < -0.39 is 24.7 Å². The minimum Gasteiger partial charge on any atom is -0.497 e. The molecule has 0 radical (unpaired) electrons. The lowest BCUT2D eigenvalue weighted by molar-refractivity contribution is -0.153. The molecule has 0 amide bonds. The van der Waals surface area contributed by atoms with Gasteiger partial charge in [0, 0.05) is 6.42 Å². The lowest BCUT2D eigenvalue weighted by Crippen LogP contribution is -2.38. The van der Waals surface area contributed by atoms with Crippen molar-refractivity contribution in [3.63, 3.8) is 0 Å². The minimum atomic E-state index is -4.49. The summed E-state index contributed by atoms with van der Waals surface area (Å²) in [5.41, 5.74) is 5.32. The van der Waals surface area contributed by atoms with E-state index in [0.717, 1.165) is 0 Å². The van der Waals surface area contributed by atoms with E-state index in [1.807, 2.05) is 0 Å². The van der Waals surface area contributed by atoms with Crippen molar-refractivity contribution in [3.8, 4) is 5.75 Å². The third-order valence-corrected chi connectivity index (χ3v) is 2.40. The molecule has 1 rings (SSSR count). The number of halogens is 4. The Hall–Kier alpha value is -0.980. The van der Waals surface area contributed by atoms with Gasteiger partial charge < -0.3 is 15.6 Å². The number of benzene rings is 1. The SMILES string of the molecule is COc1ccc([C@H](O)C[C@H](N)C(F)(F)F)cc1.Cl. The van der Waals surface area contributed by atoms with E-state index in [2.05, 4.69) is 0 Å². The molecule has 7 heteroatoms. The second kappa shape index (κ2) is 6.82. The number of hydrogen-bond donors (Lipinski definition) is 2. The highest BCUT2D eigenvalue weighted by atomic mass is 35.5. The Kier molecular flexibility index (Phi) is 6.45. The van der Waals surface area contributed by atoms with Gasteiger partial charge in [-0.05, 0) is 17.7 Å². The van der Waals surface area contributed by atoms with Gasteiger partial charge >= 0.3 is 6.18 Å². The molecule has 0 unspecified atom stereocenters. The summed E-state index contributed by atoms with van der Waals surface area (Å²) in [6.07, 6.45) is -6.29. The zero-order chi connectivity index (χ0) is 13.1. The summed E-state index contributed by atoms with van der Waals surface area (Å²) in [5.74, 6) is 0.570. The van der Waals surface area contributed by atoms with Gasteiger partial charge in [0.2, 0.25) is 0 Å². The van der Waals surface area contributed by atoms with Crippen molar-refractivity contribution in [2.75, 3.05) is 7.11 Å². The van der Waals surface area contributed by atoms with Crippen LogP contribution in [0.2, 0.25) is 0 Å². The molecular formula is C11H15ClF3NO2. The maximum Gasteiger partial charge on any atom is 0.403 e. The summed E-state index contributed by atoms with van der Waals surface area (Å²) in [6.45, 7) is 0. The predicted octanol–water partition coefficient (Wildman–Crippen LogP) is 2.43. The Morgan fingerprint density at radius 3 is 2.17 bits per heavy atom. The molecule has 0 saturated carbocycles. The summed E-state index contributed by atoms with van der Waals surface area (Å²) in [6, 6.07) is 4.12. The van der Waals surface area contributed by atoms with Crippen LogP contribution in [0.3, 0.4) is 0 Å². The minimum absolute atomic E-state index is 0. The number of alkyl halides is 3. The molecule has 0 spiro atoms. The molecule has 1 aromatic rings. The molecule has 3 nitrogen and oxygen atoms in total. The van der Waals surface area contributed by atoms with Crippen LogP contribution in [0.4, 0.5) is 13.2 Å². The van der Waals surface area contributed by atoms with Gasteiger partial charge in [-0.15, -0.1) is 12.4 Å². The molecular weight excluding hydrogens is 271 g/mol. The molecule has 1 aromatic carbocycles. The Bertz CT molecular complexity index is 356. The van der Waals surface area contributed by atoms with E-state index in [1.54, 1.807) is 12.1 Å². The molecule has 18 heavy (non-hydrogen) atoms. The molecule has 0 aliphatic heterocycles. The average Bonchev–Trinajstić information content (AvgIpc) is 2.27. The fraction of sp³-hybridized carbons (Fsp3) is 0.455. The van der Waals surface area contributed by atoms with Gasteiger partial charge in [-0.1, -0.05) is 12.1 Å². The summed E-state index contributed by atoms with van der Waals surface area (Å²) >= 11 is 0. The Morgan fingerprint density at radius 1 is 1.28 bits per heavy atom. The first kappa shape index (κ1) is 17.0. The van der Waals surface area contributed by atoms with E-state index in [-0.39, 0.29) is 12.4 Å². The highest BCUT2D eigenvalue weighted by Crippen LogP contribution is 2.27. The fourth-order valence-corrected chi connectivity index (χ4v) is 1.34. The number of aliphatic hydroxyl groups excluding tert-OH is 1. The molecule has 0 aromatic heterocycles. The van der Waals surface area contributed by atoms with Crippen molar-refractivity contribution < 1.29 is 23.0 Å². The van der Waals surface area contributed by atoms with Crippen LogP contribution in [0.25, 0.3) is 0 Å². The van der Waals surface area contributed by atoms with Gasteiger partial charge in [0.15, 0.2) is 0 Å². The second-order valence-corrected chi connectivity index (χ2v) is 3.67. The standard InChI is InChI=1S/C11H14F3NO2.ClH/c1-17-8-4-2-7(3-5-8)9(16)6-10(15)11(12,13)14;/h2-5,9-10,16H,6,15H2,1H3;1H/t9-,10+;/m1./s1. The fourth-order valence-electron chi connectivity index (χ4n) is 1.34. The van der Waals surface area contributed by atoms with Gasteiger partial charge in [0.05, 0.1) is 13.2 Å². The largest absolute Gasteiger partial charge is 0.497 e. The number of methoxy groups -OCH3 is 1. The van der Waals surface area contributed by atoms with E-state index in [0.29, 0.717) is 11.3 Å². The summed E-state index contributed by atoms with van der Waals surface area (Å²) in [5, 5.41) is 9.60. The smallest absolute Gasteiger partial charge is 0.403 e. The maximum atomic E-state index is 12.2. The van der Waals surface area contributed by atoms with Gasteiger partial charge in [-0.2, -0.15) is 13.2 Å². The number of nitrogens with two attached hydrogens (primary N) is 1.